The fourth-order valence-corrected chi connectivity index (χ4v) is 0. The van der Waals surface area contributed by atoms with E-state index < -0.39 is 0 Å². The Hall–Kier alpha value is 1.81. The fraction of sp³-hybridized carbons (Fsp3) is 0. The molecule has 0 saturated carbocycles. The number of hydrogen-bond donors (Lipinski definition) is 0. The molecule has 0 amide bonds. The van der Waals surface area contributed by atoms with E-state index >= 15 is 0 Å². The third kappa shape index (κ3) is 586. The van der Waals surface area contributed by atoms with Crippen LogP contribution in [0.4, 0.5) is 0 Å². The molecule has 82 valence electrons. The molecule has 13 heteroatoms. The minimum Gasteiger partial charge on any atom is -0.870 e. The quantitative estimate of drug-likeness (QED) is 0.290. The summed E-state index contributed by atoms with van der Waals surface area (Å²) in [5.74, 6) is 0. The van der Waals surface area contributed by atoms with Gasteiger partial charge in [0.05, 0.1) is 0 Å². The van der Waals surface area contributed by atoms with E-state index in [1.807, 2.05) is 0 Å². The minimum atomic E-state index is 0. The Labute approximate surface area is 121 Å². The van der Waals surface area contributed by atoms with Gasteiger partial charge in [-0.15, -0.1) is 0 Å². The standard InChI is InChI=1S/Al.Bi.10H2O.Sn/h;;10*1H2;/q2*+3;;;;;;;;;;;+4/p-10. The average Bonchev–Trinajstić information content (AvgIpc) is 0. The van der Waals surface area contributed by atoms with E-state index in [4.69, 9.17) is 0 Å². The summed E-state index contributed by atoms with van der Waals surface area (Å²) in [6.45, 7) is 0. The van der Waals surface area contributed by atoms with Gasteiger partial charge in [0.25, 0.3) is 0 Å². The van der Waals surface area contributed by atoms with Crippen molar-refractivity contribution in [3.05, 3.63) is 0 Å². The second-order valence-corrected chi connectivity index (χ2v) is 0. The molecule has 13 heavy (non-hydrogen) atoms. The van der Waals surface area contributed by atoms with Crippen molar-refractivity contribution in [1.82, 2.24) is 0 Å². The van der Waals surface area contributed by atoms with Gasteiger partial charge in [-0.2, -0.15) is 0 Å². The normalized spacial score (nSPS) is 0. The van der Waals surface area contributed by atoms with Crippen molar-refractivity contribution in [1.29, 1.82) is 0 Å². The Morgan fingerprint density at radius 2 is 0.308 bits per heavy atom. The molecule has 0 aliphatic heterocycles. The van der Waals surface area contributed by atoms with Crippen molar-refractivity contribution >= 4 is 67.5 Å². The zero-order valence-corrected chi connectivity index (χ0v) is 13.5. The van der Waals surface area contributed by atoms with E-state index in [1.165, 1.54) is 0 Å². The Bertz CT molecular complexity index is 14.9. The summed E-state index contributed by atoms with van der Waals surface area (Å²) in [6.07, 6.45) is 0. The van der Waals surface area contributed by atoms with Crippen molar-refractivity contribution in [2.24, 2.45) is 0 Å². The maximum Gasteiger partial charge on any atom is 4.00 e. The smallest absolute Gasteiger partial charge is 0.870 e. The molecule has 0 heterocycles. The average molecular weight is 525 g/mol. The SMILES string of the molecule is [Al+3].[Bi+3].[OH-].[OH-].[OH-].[OH-].[OH-].[OH-].[OH-].[OH-].[OH-].[OH-].[Sn+4]. The van der Waals surface area contributed by atoms with Crippen LogP contribution >= 0.6 is 0 Å². The van der Waals surface area contributed by atoms with Crippen LogP contribution in [0.5, 0.6) is 0 Å². The predicted molar refractivity (Wildman–Crippen MR) is 36.6 cm³/mol. The van der Waals surface area contributed by atoms with Crippen molar-refractivity contribution in [2.45, 2.75) is 0 Å². The van der Waals surface area contributed by atoms with Gasteiger partial charge in [0, 0.05) is 0 Å². The van der Waals surface area contributed by atoms with Crippen LogP contribution in [0.3, 0.4) is 0 Å². The first-order valence-electron chi connectivity index (χ1n) is 0. The molecule has 0 unspecified atom stereocenters. The van der Waals surface area contributed by atoms with Gasteiger partial charge in [-0.1, -0.05) is 0 Å². The van der Waals surface area contributed by atoms with Gasteiger partial charge in [0.2, 0.25) is 0 Å². The fourth-order valence-electron chi connectivity index (χ4n) is 0. The molecule has 10 nitrogen and oxygen atoms in total. The third-order valence-electron chi connectivity index (χ3n) is 0. The maximum absolute atomic E-state index is 0. The summed E-state index contributed by atoms with van der Waals surface area (Å²) >= 11 is 0. The third-order valence-corrected chi connectivity index (χ3v) is 0. The first-order valence-corrected chi connectivity index (χ1v) is 0. The predicted octanol–water partition coefficient (Wildman–Crippen LogP) is -2.91. The Balaban J connectivity index is 0. The second kappa shape index (κ2) is 689. The van der Waals surface area contributed by atoms with Crippen LogP contribution < -0.4 is 0 Å². The van der Waals surface area contributed by atoms with Crippen molar-refractivity contribution in [2.75, 3.05) is 0 Å². The zero-order valence-electron chi connectivity index (χ0n) is 6.00. The molecule has 2 radical (unpaired) electrons. The first-order chi connectivity index (χ1) is 0. The van der Waals surface area contributed by atoms with Crippen LogP contribution in [0.25, 0.3) is 0 Å². The molecule has 0 spiro atoms. The van der Waals surface area contributed by atoms with Crippen LogP contribution in [0.1, 0.15) is 0 Å². The molecule has 0 saturated heterocycles. The van der Waals surface area contributed by atoms with Crippen LogP contribution in [0, 0.1) is 0 Å². The van der Waals surface area contributed by atoms with Crippen LogP contribution in [0.15, 0.2) is 0 Å². The molecule has 0 aliphatic carbocycles. The van der Waals surface area contributed by atoms with Gasteiger partial charge in [-0.3, -0.25) is 0 Å². The Morgan fingerprint density at radius 1 is 0.308 bits per heavy atom. The van der Waals surface area contributed by atoms with E-state index in [2.05, 4.69) is 0 Å². The summed E-state index contributed by atoms with van der Waals surface area (Å²) in [5, 5.41) is 0. The summed E-state index contributed by atoms with van der Waals surface area (Å²) in [4.78, 5) is 0. The Kier molecular flexibility index (Phi) is 45500. The van der Waals surface area contributed by atoms with E-state index in [9.17, 15) is 0 Å². The molecule has 0 atom stereocenters. The van der Waals surface area contributed by atoms with Gasteiger partial charge in [-0.05, 0) is 0 Å². The van der Waals surface area contributed by atoms with E-state index in [1.54, 1.807) is 0 Å². The molecule has 0 aromatic rings. The first kappa shape index (κ1) is 859. The van der Waals surface area contributed by atoms with Gasteiger partial charge >= 0.3 is 67.5 Å². The summed E-state index contributed by atoms with van der Waals surface area (Å²) < 4.78 is 0. The van der Waals surface area contributed by atoms with Crippen LogP contribution in [-0.4, -0.2) is 122 Å². The van der Waals surface area contributed by atoms with Crippen molar-refractivity contribution < 1.29 is 54.8 Å². The van der Waals surface area contributed by atoms with Crippen molar-refractivity contribution in [3.63, 3.8) is 0 Å². The topological polar surface area (TPSA) is 300 Å². The maximum atomic E-state index is 0. The van der Waals surface area contributed by atoms with Crippen LogP contribution in [0.2, 0.25) is 0 Å². The van der Waals surface area contributed by atoms with E-state index in [-0.39, 0.29) is 122 Å². The van der Waals surface area contributed by atoms with E-state index in [0.29, 0.717) is 0 Å². The Morgan fingerprint density at radius 3 is 0.308 bits per heavy atom. The molecule has 0 aliphatic rings. The van der Waals surface area contributed by atoms with Gasteiger partial charge < -0.3 is 54.8 Å². The molecule has 0 fully saturated rings. The number of rotatable bonds is 0. The second-order valence-electron chi connectivity index (χ2n) is 0. The van der Waals surface area contributed by atoms with E-state index in [0.717, 1.165) is 0 Å². The molecule has 10 N–H and O–H groups in total. The summed E-state index contributed by atoms with van der Waals surface area (Å²) in [6, 6.07) is 0. The molecular weight excluding hydrogens is 515 g/mol. The number of hydrogen-bond acceptors (Lipinski definition) is 10. The molecule has 0 aromatic heterocycles. The molecule has 0 aromatic carbocycles. The van der Waals surface area contributed by atoms with Gasteiger partial charge in [0.1, 0.15) is 0 Å². The minimum absolute atomic E-state index is 0. The molecular formula is H10AlBiO10Sn. The van der Waals surface area contributed by atoms with Gasteiger partial charge in [-0.25, -0.2) is 0 Å². The largest absolute Gasteiger partial charge is 4.00 e. The zero-order chi connectivity index (χ0) is 0. The summed E-state index contributed by atoms with van der Waals surface area (Å²) in [5.41, 5.74) is 0. The monoisotopic (exact) mass is 526 g/mol. The molecule has 0 rings (SSSR count). The van der Waals surface area contributed by atoms with Crippen LogP contribution in [-0.2, 0) is 0 Å². The van der Waals surface area contributed by atoms with Crippen molar-refractivity contribution in [3.8, 4) is 0 Å². The summed E-state index contributed by atoms with van der Waals surface area (Å²) in [7, 11) is 0. The molecule has 0 bridgehead atoms. The van der Waals surface area contributed by atoms with Gasteiger partial charge in [0.15, 0.2) is 0 Å².